The predicted molar refractivity (Wildman–Crippen MR) is 120 cm³/mol. The van der Waals surface area contributed by atoms with Gasteiger partial charge in [0.2, 0.25) is 0 Å². The van der Waals surface area contributed by atoms with Crippen molar-refractivity contribution in [3.63, 3.8) is 0 Å². The van der Waals surface area contributed by atoms with Gasteiger partial charge in [-0.05, 0) is 42.5 Å². The quantitative estimate of drug-likeness (QED) is 0.381. The molecule has 0 aliphatic heterocycles. The van der Waals surface area contributed by atoms with Crippen LogP contribution in [0.5, 0.6) is 0 Å². The van der Waals surface area contributed by atoms with E-state index in [1.54, 1.807) is 47.7 Å². The summed E-state index contributed by atoms with van der Waals surface area (Å²) in [7, 11) is 1.29. The van der Waals surface area contributed by atoms with Crippen molar-refractivity contribution in [2.24, 2.45) is 0 Å². The van der Waals surface area contributed by atoms with Crippen LogP contribution < -0.4 is 10.6 Å². The minimum atomic E-state index is -0.533. The second-order valence-corrected chi connectivity index (χ2v) is 7.74. The first-order valence-electron chi connectivity index (χ1n) is 8.96. The third-order valence-electron chi connectivity index (χ3n) is 4.33. The molecule has 2 N–H and O–H groups in total. The maximum Gasteiger partial charge on any atom is 0.339 e. The zero-order chi connectivity index (χ0) is 21.1. The molecule has 0 saturated carbocycles. The summed E-state index contributed by atoms with van der Waals surface area (Å²) < 4.78 is 5.81. The molecule has 0 radical (unpaired) electrons. The Labute approximate surface area is 181 Å². The Morgan fingerprint density at radius 3 is 2.53 bits per heavy atom. The molecule has 0 spiro atoms. The van der Waals surface area contributed by atoms with E-state index in [0.29, 0.717) is 16.4 Å². The summed E-state index contributed by atoms with van der Waals surface area (Å²) in [5, 5.41) is 6.65. The number of methoxy groups -OCH3 is 1. The molecule has 4 rings (SSSR count). The van der Waals surface area contributed by atoms with Gasteiger partial charge in [0.15, 0.2) is 0 Å². The maximum absolute atomic E-state index is 12.4. The number of thiazole rings is 1. The van der Waals surface area contributed by atoms with Gasteiger partial charge in [0, 0.05) is 11.3 Å². The summed E-state index contributed by atoms with van der Waals surface area (Å²) in [6.45, 7) is 0. The second kappa shape index (κ2) is 8.52. The van der Waals surface area contributed by atoms with E-state index in [0.717, 1.165) is 20.8 Å². The van der Waals surface area contributed by atoms with Crippen LogP contribution in [-0.2, 0) is 4.74 Å². The number of nitrogens with zero attached hydrogens (tertiary/aromatic N) is 1. The molecule has 0 saturated heterocycles. The van der Waals surface area contributed by atoms with Gasteiger partial charge < -0.3 is 15.4 Å². The first kappa shape index (κ1) is 19.9. The fourth-order valence-electron chi connectivity index (χ4n) is 2.92. The number of carbonyl (C=O) groups excluding carboxylic acids is 2. The Hall–Kier alpha value is -3.42. The lowest BCUT2D eigenvalue weighted by Crippen LogP contribution is -2.21. The number of fused-ring (bicyclic) bond motifs is 1. The first-order chi connectivity index (χ1) is 14.5. The first-order valence-corrected chi connectivity index (χ1v) is 10.2. The number of rotatable bonds is 4. The molecule has 0 aliphatic carbocycles. The topological polar surface area (TPSA) is 80.3 Å². The maximum atomic E-state index is 12.4. The molecule has 0 aliphatic rings. The van der Waals surface area contributed by atoms with Crippen molar-refractivity contribution in [3.05, 3.63) is 77.3 Å². The molecular formula is C22H16ClN3O3S. The lowest BCUT2D eigenvalue weighted by atomic mass is 10.2. The highest BCUT2D eigenvalue weighted by molar-refractivity contribution is 7.21. The van der Waals surface area contributed by atoms with Crippen LogP contribution in [0.2, 0.25) is 5.02 Å². The van der Waals surface area contributed by atoms with Crippen LogP contribution in [0, 0.1) is 0 Å². The van der Waals surface area contributed by atoms with Crippen molar-refractivity contribution in [1.29, 1.82) is 0 Å². The number of ether oxygens (including phenoxy) is 1. The van der Waals surface area contributed by atoms with Gasteiger partial charge in [-0.15, -0.1) is 11.3 Å². The molecule has 0 bridgehead atoms. The number of anilines is 2. The summed E-state index contributed by atoms with van der Waals surface area (Å²) in [5.41, 5.74) is 2.83. The Balaban J connectivity index is 1.51. The number of carbonyl (C=O) groups is 2. The highest BCUT2D eigenvalue weighted by atomic mass is 35.5. The van der Waals surface area contributed by atoms with Crippen molar-refractivity contribution >= 4 is 56.5 Å². The average molecular weight is 438 g/mol. The van der Waals surface area contributed by atoms with Crippen LogP contribution in [0.15, 0.2) is 66.7 Å². The molecule has 8 heteroatoms. The molecule has 1 heterocycles. The summed E-state index contributed by atoms with van der Waals surface area (Å²) in [4.78, 5) is 28.9. The van der Waals surface area contributed by atoms with Gasteiger partial charge in [0.25, 0.3) is 0 Å². The molecule has 150 valence electrons. The van der Waals surface area contributed by atoms with Crippen LogP contribution in [0.4, 0.5) is 16.2 Å². The molecule has 6 nitrogen and oxygen atoms in total. The number of hydrogen-bond donors (Lipinski definition) is 2. The zero-order valence-electron chi connectivity index (χ0n) is 15.8. The van der Waals surface area contributed by atoms with E-state index in [1.165, 1.54) is 7.11 Å². The molecule has 0 fully saturated rings. The number of urea groups is 1. The lowest BCUT2D eigenvalue weighted by Gasteiger charge is -2.11. The summed E-state index contributed by atoms with van der Waals surface area (Å²) >= 11 is 8.01. The van der Waals surface area contributed by atoms with Gasteiger partial charge in [-0.3, -0.25) is 0 Å². The standard InChI is InChI=1S/C22H16ClN3O3S/c1-29-21(27)15-6-2-3-7-17(15)26-22(28)24-13-10-11-14(16(23)12-13)20-25-18-8-4-5-9-19(18)30-20/h2-12H,1H3,(H2,24,26,28). The Bertz CT molecular complexity index is 1220. The molecule has 0 atom stereocenters. The van der Waals surface area contributed by atoms with Gasteiger partial charge >= 0.3 is 12.0 Å². The number of halogens is 1. The molecule has 2 amide bonds. The van der Waals surface area contributed by atoms with Crippen LogP contribution in [0.3, 0.4) is 0 Å². The molecule has 1 aromatic heterocycles. The fraction of sp³-hybridized carbons (Fsp3) is 0.0455. The molecule has 3 aromatic carbocycles. The summed E-state index contributed by atoms with van der Waals surface area (Å²) in [6.07, 6.45) is 0. The van der Waals surface area contributed by atoms with Crippen molar-refractivity contribution in [1.82, 2.24) is 4.98 Å². The van der Waals surface area contributed by atoms with Crippen LogP contribution >= 0.6 is 22.9 Å². The van der Waals surface area contributed by atoms with Gasteiger partial charge in [-0.25, -0.2) is 14.6 Å². The lowest BCUT2D eigenvalue weighted by molar-refractivity contribution is 0.0602. The zero-order valence-corrected chi connectivity index (χ0v) is 17.4. The number of benzene rings is 3. The van der Waals surface area contributed by atoms with E-state index in [9.17, 15) is 9.59 Å². The normalized spacial score (nSPS) is 10.6. The van der Waals surface area contributed by atoms with E-state index in [1.807, 2.05) is 30.3 Å². The Kier molecular flexibility index (Phi) is 5.65. The van der Waals surface area contributed by atoms with E-state index in [4.69, 9.17) is 16.3 Å². The summed E-state index contributed by atoms with van der Waals surface area (Å²) in [5.74, 6) is -0.533. The van der Waals surface area contributed by atoms with Crippen molar-refractivity contribution < 1.29 is 14.3 Å². The third-order valence-corrected chi connectivity index (χ3v) is 5.71. The molecular weight excluding hydrogens is 422 g/mol. The van der Waals surface area contributed by atoms with E-state index in [2.05, 4.69) is 15.6 Å². The average Bonchev–Trinajstić information content (AvgIpc) is 3.17. The van der Waals surface area contributed by atoms with Crippen molar-refractivity contribution in [2.75, 3.05) is 17.7 Å². The number of esters is 1. The van der Waals surface area contributed by atoms with Gasteiger partial charge in [-0.1, -0.05) is 35.9 Å². The minimum Gasteiger partial charge on any atom is -0.465 e. The molecule has 30 heavy (non-hydrogen) atoms. The van der Waals surface area contributed by atoms with E-state index >= 15 is 0 Å². The SMILES string of the molecule is COC(=O)c1ccccc1NC(=O)Nc1ccc(-c2nc3ccccc3s2)c(Cl)c1. The fourth-order valence-corrected chi connectivity index (χ4v) is 4.25. The van der Waals surface area contributed by atoms with E-state index < -0.39 is 12.0 Å². The number of nitrogens with one attached hydrogen (secondary N) is 2. The van der Waals surface area contributed by atoms with Crippen molar-refractivity contribution in [2.45, 2.75) is 0 Å². The number of amides is 2. The van der Waals surface area contributed by atoms with Crippen LogP contribution in [-0.4, -0.2) is 24.1 Å². The smallest absolute Gasteiger partial charge is 0.339 e. The Morgan fingerprint density at radius 1 is 1.00 bits per heavy atom. The molecule has 0 unspecified atom stereocenters. The van der Waals surface area contributed by atoms with Gasteiger partial charge in [0.1, 0.15) is 5.01 Å². The summed E-state index contributed by atoms with van der Waals surface area (Å²) in [6, 6.07) is 19.2. The van der Waals surface area contributed by atoms with Gasteiger partial charge in [0.05, 0.1) is 33.6 Å². The predicted octanol–water partition coefficient (Wildman–Crippen LogP) is 6.05. The monoisotopic (exact) mass is 437 g/mol. The minimum absolute atomic E-state index is 0.263. The highest BCUT2D eigenvalue weighted by Crippen LogP contribution is 2.35. The van der Waals surface area contributed by atoms with E-state index in [-0.39, 0.29) is 5.56 Å². The van der Waals surface area contributed by atoms with Crippen LogP contribution in [0.25, 0.3) is 20.8 Å². The largest absolute Gasteiger partial charge is 0.465 e. The highest BCUT2D eigenvalue weighted by Gasteiger charge is 2.14. The number of para-hydroxylation sites is 2. The third kappa shape index (κ3) is 4.12. The second-order valence-electron chi connectivity index (χ2n) is 6.30. The number of aromatic nitrogens is 1. The van der Waals surface area contributed by atoms with Gasteiger partial charge in [-0.2, -0.15) is 0 Å². The Morgan fingerprint density at radius 2 is 1.77 bits per heavy atom. The van der Waals surface area contributed by atoms with Crippen LogP contribution in [0.1, 0.15) is 10.4 Å². The molecule has 4 aromatic rings. The number of hydrogen-bond acceptors (Lipinski definition) is 5. The van der Waals surface area contributed by atoms with Crippen molar-refractivity contribution in [3.8, 4) is 10.6 Å².